The van der Waals surface area contributed by atoms with Crippen molar-refractivity contribution in [2.24, 2.45) is 0 Å². The number of aliphatic hydroxyl groups is 1. The van der Waals surface area contributed by atoms with E-state index in [1.165, 1.54) is 19.1 Å². The molecule has 3 rings (SSSR count). The van der Waals surface area contributed by atoms with Crippen molar-refractivity contribution in [3.05, 3.63) is 59.2 Å². The Morgan fingerprint density at radius 3 is 2.36 bits per heavy atom. The van der Waals surface area contributed by atoms with Crippen molar-refractivity contribution in [1.29, 1.82) is 0 Å². The Kier molecular flexibility index (Phi) is 7.60. The summed E-state index contributed by atoms with van der Waals surface area (Å²) in [4.78, 5) is 29.7. The summed E-state index contributed by atoms with van der Waals surface area (Å²) in [5.41, 5.74) is 1.07. The molecular weight excluding hydrogens is 424 g/mol. The summed E-state index contributed by atoms with van der Waals surface area (Å²) in [5.74, 6) is -0.138. The lowest BCUT2D eigenvalue weighted by atomic mass is 9.95. The molecule has 0 bridgehead atoms. The normalized spacial score (nSPS) is 17.5. The minimum Gasteiger partial charge on any atom is -0.507 e. The van der Waals surface area contributed by atoms with Crippen molar-refractivity contribution in [2.45, 2.75) is 12.5 Å². The summed E-state index contributed by atoms with van der Waals surface area (Å²) in [6.45, 7) is 1.12. The number of aliphatic hydroxyl groups excluding tert-OH is 1. The van der Waals surface area contributed by atoms with Crippen LogP contribution >= 0.6 is 0 Å². The van der Waals surface area contributed by atoms with Gasteiger partial charge in [0.25, 0.3) is 11.7 Å². The number of benzene rings is 2. The summed E-state index contributed by atoms with van der Waals surface area (Å²) in [5, 5.41) is 11.2. The van der Waals surface area contributed by atoms with Gasteiger partial charge < -0.3 is 29.1 Å². The number of carbonyl (C=O) groups is 2. The number of hydrogen-bond donors (Lipinski definition) is 1. The van der Waals surface area contributed by atoms with Crippen LogP contribution in [0.1, 0.15) is 23.6 Å². The molecule has 8 heteroatoms. The second kappa shape index (κ2) is 10.4. The first-order chi connectivity index (χ1) is 15.8. The Hall–Kier alpha value is -3.52. The monoisotopic (exact) mass is 454 g/mol. The van der Waals surface area contributed by atoms with Gasteiger partial charge in [0.1, 0.15) is 11.5 Å². The number of methoxy groups -OCH3 is 3. The third-order valence-corrected chi connectivity index (χ3v) is 5.61. The lowest BCUT2D eigenvalue weighted by molar-refractivity contribution is -0.139. The molecule has 1 aliphatic heterocycles. The van der Waals surface area contributed by atoms with E-state index in [0.29, 0.717) is 41.3 Å². The number of nitrogens with zero attached hydrogens (tertiary/aromatic N) is 2. The Morgan fingerprint density at radius 2 is 1.73 bits per heavy atom. The molecular formula is C25H30N2O6. The summed E-state index contributed by atoms with van der Waals surface area (Å²) in [7, 11) is 8.45. The summed E-state index contributed by atoms with van der Waals surface area (Å²) >= 11 is 0. The highest BCUT2D eigenvalue weighted by atomic mass is 16.5. The number of ketones is 1. The van der Waals surface area contributed by atoms with Gasteiger partial charge in [-0.1, -0.05) is 12.1 Å². The zero-order chi connectivity index (χ0) is 24.1. The van der Waals surface area contributed by atoms with E-state index >= 15 is 0 Å². The minimum absolute atomic E-state index is 0.0327. The number of amides is 1. The molecule has 1 atom stereocenters. The molecule has 1 amide bonds. The lowest BCUT2D eigenvalue weighted by Crippen LogP contribution is -2.32. The van der Waals surface area contributed by atoms with Crippen LogP contribution in [0, 0.1) is 0 Å². The van der Waals surface area contributed by atoms with Crippen molar-refractivity contribution >= 4 is 17.4 Å². The Labute approximate surface area is 194 Å². The van der Waals surface area contributed by atoms with Gasteiger partial charge in [-0.15, -0.1) is 0 Å². The number of Topliss-reactive ketones (excluding diaryl/α,β-unsaturated/α-hetero) is 1. The van der Waals surface area contributed by atoms with Crippen molar-refractivity contribution in [3.8, 4) is 17.2 Å². The molecule has 0 saturated carbocycles. The number of ether oxygens (including phenoxy) is 3. The molecule has 2 aromatic carbocycles. The molecule has 33 heavy (non-hydrogen) atoms. The van der Waals surface area contributed by atoms with Crippen LogP contribution in [0.4, 0.5) is 0 Å². The third kappa shape index (κ3) is 4.96. The molecule has 2 aromatic rings. The van der Waals surface area contributed by atoms with Crippen LogP contribution in [0.5, 0.6) is 17.2 Å². The zero-order valence-corrected chi connectivity index (χ0v) is 19.6. The predicted molar refractivity (Wildman–Crippen MR) is 125 cm³/mol. The van der Waals surface area contributed by atoms with Crippen LogP contribution in [0.3, 0.4) is 0 Å². The highest BCUT2D eigenvalue weighted by Crippen LogP contribution is 2.41. The van der Waals surface area contributed by atoms with Crippen molar-refractivity contribution in [1.82, 2.24) is 9.80 Å². The van der Waals surface area contributed by atoms with Crippen LogP contribution < -0.4 is 14.2 Å². The molecule has 176 valence electrons. The molecule has 0 aromatic heterocycles. The fraction of sp³-hybridized carbons (Fsp3) is 0.360. The standard InChI is InChI=1S/C25H30N2O6/c1-26(2)12-7-13-27-22(16-8-6-9-18(14-16)31-3)21(24(29)25(27)30)23(28)17-10-11-19(32-4)20(15-17)33-5/h6,8-11,14-15,22,28H,7,12-13H2,1-5H3/t22-/m0/s1. The first-order valence-electron chi connectivity index (χ1n) is 10.6. The first-order valence-corrected chi connectivity index (χ1v) is 10.6. The van der Waals surface area contributed by atoms with E-state index in [-0.39, 0.29) is 11.3 Å². The predicted octanol–water partition coefficient (Wildman–Crippen LogP) is 3.09. The number of hydrogen-bond acceptors (Lipinski definition) is 7. The molecule has 0 aliphatic carbocycles. The van der Waals surface area contributed by atoms with Crippen LogP contribution in [0.2, 0.25) is 0 Å². The van der Waals surface area contributed by atoms with Gasteiger partial charge in [-0.05, 0) is 63.0 Å². The summed E-state index contributed by atoms with van der Waals surface area (Å²) < 4.78 is 15.9. The van der Waals surface area contributed by atoms with E-state index in [4.69, 9.17) is 14.2 Å². The third-order valence-electron chi connectivity index (χ3n) is 5.61. The van der Waals surface area contributed by atoms with E-state index in [9.17, 15) is 14.7 Å². The number of rotatable bonds is 9. The molecule has 1 N–H and O–H groups in total. The zero-order valence-electron chi connectivity index (χ0n) is 19.6. The molecule has 1 fully saturated rings. The van der Waals surface area contributed by atoms with E-state index in [1.54, 1.807) is 43.5 Å². The van der Waals surface area contributed by atoms with E-state index in [1.807, 2.05) is 25.1 Å². The second-order valence-electron chi connectivity index (χ2n) is 8.00. The van der Waals surface area contributed by atoms with Gasteiger partial charge >= 0.3 is 0 Å². The minimum atomic E-state index is -0.740. The topological polar surface area (TPSA) is 88.5 Å². The quantitative estimate of drug-likeness (QED) is 0.354. The van der Waals surface area contributed by atoms with Crippen molar-refractivity contribution in [2.75, 3.05) is 48.5 Å². The number of likely N-dealkylation sites (tertiary alicyclic amines) is 1. The maximum Gasteiger partial charge on any atom is 0.295 e. The Bertz CT molecular complexity index is 1060. The smallest absolute Gasteiger partial charge is 0.295 e. The molecule has 1 aliphatic rings. The number of carbonyl (C=O) groups excluding carboxylic acids is 2. The largest absolute Gasteiger partial charge is 0.507 e. The van der Waals surface area contributed by atoms with Gasteiger partial charge in [0.15, 0.2) is 11.5 Å². The summed E-state index contributed by atoms with van der Waals surface area (Å²) in [6, 6.07) is 11.3. The average Bonchev–Trinajstić information content (AvgIpc) is 3.07. The van der Waals surface area contributed by atoms with E-state index in [0.717, 1.165) is 6.54 Å². The highest BCUT2D eigenvalue weighted by molar-refractivity contribution is 6.46. The van der Waals surface area contributed by atoms with Crippen molar-refractivity contribution in [3.63, 3.8) is 0 Å². The van der Waals surface area contributed by atoms with Gasteiger partial charge in [-0.3, -0.25) is 9.59 Å². The molecule has 0 unspecified atom stereocenters. The fourth-order valence-electron chi connectivity index (χ4n) is 3.97. The maximum absolute atomic E-state index is 13.1. The molecule has 0 radical (unpaired) electrons. The highest BCUT2D eigenvalue weighted by Gasteiger charge is 2.46. The molecule has 1 saturated heterocycles. The molecule has 1 heterocycles. The molecule has 0 spiro atoms. The Morgan fingerprint density at radius 1 is 1.00 bits per heavy atom. The van der Waals surface area contributed by atoms with Gasteiger partial charge in [0.05, 0.1) is 32.9 Å². The van der Waals surface area contributed by atoms with Gasteiger partial charge in [0, 0.05) is 12.1 Å². The summed E-state index contributed by atoms with van der Waals surface area (Å²) in [6.07, 6.45) is 0.677. The van der Waals surface area contributed by atoms with Gasteiger partial charge in [-0.25, -0.2) is 0 Å². The first kappa shape index (κ1) is 24.1. The molecule has 8 nitrogen and oxygen atoms in total. The van der Waals surface area contributed by atoms with Gasteiger partial charge in [-0.2, -0.15) is 0 Å². The van der Waals surface area contributed by atoms with E-state index in [2.05, 4.69) is 0 Å². The maximum atomic E-state index is 13.1. The second-order valence-corrected chi connectivity index (χ2v) is 8.00. The average molecular weight is 455 g/mol. The fourth-order valence-corrected chi connectivity index (χ4v) is 3.97. The SMILES string of the molecule is COc1cccc([C@H]2C(=C(O)c3ccc(OC)c(OC)c3)C(=O)C(=O)N2CCCN(C)C)c1. The van der Waals surface area contributed by atoms with Crippen LogP contribution in [-0.2, 0) is 9.59 Å². The van der Waals surface area contributed by atoms with E-state index < -0.39 is 17.7 Å². The van der Waals surface area contributed by atoms with Crippen LogP contribution in [0.25, 0.3) is 5.76 Å². The Balaban J connectivity index is 2.14. The van der Waals surface area contributed by atoms with Crippen LogP contribution in [-0.4, -0.2) is 75.1 Å². The van der Waals surface area contributed by atoms with Crippen molar-refractivity contribution < 1.29 is 28.9 Å². The lowest BCUT2D eigenvalue weighted by Gasteiger charge is -2.26. The van der Waals surface area contributed by atoms with Gasteiger partial charge in [0.2, 0.25) is 0 Å². The van der Waals surface area contributed by atoms with Crippen LogP contribution in [0.15, 0.2) is 48.0 Å².